The molecule has 2 aliphatic heterocycles. The maximum absolute atomic E-state index is 14.8. The Kier molecular flexibility index (Phi) is 5.80. The van der Waals surface area contributed by atoms with Crippen LogP contribution in [0.3, 0.4) is 0 Å². The number of pyridine rings is 1. The number of ether oxygens (including phenoxy) is 2. The van der Waals surface area contributed by atoms with E-state index in [-0.39, 0.29) is 34.7 Å². The van der Waals surface area contributed by atoms with Gasteiger partial charge in [-0.1, -0.05) is 23.4 Å². The van der Waals surface area contributed by atoms with E-state index in [1.165, 1.54) is 18.9 Å². The van der Waals surface area contributed by atoms with E-state index >= 15 is 0 Å². The monoisotopic (exact) mass is 469 g/mol. The minimum Gasteiger partial charge on any atom is -0.480 e. The van der Waals surface area contributed by atoms with Crippen LogP contribution in [-0.4, -0.2) is 70.1 Å². The fourth-order valence-electron chi connectivity index (χ4n) is 4.23. The summed E-state index contributed by atoms with van der Waals surface area (Å²) >= 11 is 7.28. The van der Waals surface area contributed by atoms with Crippen LogP contribution in [0.15, 0.2) is 5.16 Å². The number of nitrogens with zero attached hydrogens (tertiary/aromatic N) is 5. The number of hydrogen-bond donors (Lipinski definition) is 0. The normalized spacial score (nSPS) is 21.0. The zero-order chi connectivity index (χ0) is 22.5. The van der Waals surface area contributed by atoms with Crippen LogP contribution in [-0.2, 0) is 4.74 Å². The Hall–Kier alpha value is -2.07. The Balaban J connectivity index is 1.74. The highest BCUT2D eigenvalue weighted by Gasteiger charge is 2.45. The number of carbonyl (C=O) groups excluding carboxylic acids is 1. The van der Waals surface area contributed by atoms with Gasteiger partial charge < -0.3 is 14.4 Å². The van der Waals surface area contributed by atoms with Crippen LogP contribution in [0.25, 0.3) is 10.9 Å². The maximum atomic E-state index is 14.8. The summed E-state index contributed by atoms with van der Waals surface area (Å²) in [6.07, 6.45) is 3.27. The number of carbonyl (C=O) groups is 1. The molecule has 2 aromatic heterocycles. The van der Waals surface area contributed by atoms with Crippen LogP contribution in [0.1, 0.15) is 33.6 Å². The standard InChI is InChI=1S/C20H25ClFN5O3S/c1-20(2,3)30-19(28)27-10-6-7-11(27)9-26(8-10)16-12-14(23-18(25-16)31-5)13(22)15(21)24-17(12)29-4/h10-11H,6-9H2,1-5H3. The van der Waals surface area contributed by atoms with Gasteiger partial charge in [-0.15, -0.1) is 0 Å². The Morgan fingerprint density at radius 2 is 1.84 bits per heavy atom. The van der Waals surface area contributed by atoms with Gasteiger partial charge in [0.05, 0.1) is 19.2 Å². The molecule has 0 saturated carbocycles. The molecule has 4 rings (SSSR count). The summed E-state index contributed by atoms with van der Waals surface area (Å²) in [5.41, 5.74) is -0.479. The first-order chi connectivity index (χ1) is 14.6. The van der Waals surface area contributed by atoms with Crippen LogP contribution in [0.5, 0.6) is 5.88 Å². The quantitative estimate of drug-likeness (QED) is 0.377. The molecule has 2 fully saturated rings. The highest BCUT2D eigenvalue weighted by Crippen LogP contribution is 2.40. The first-order valence-electron chi connectivity index (χ1n) is 10.0. The minimum absolute atomic E-state index is 0.0209. The third-order valence-corrected chi connectivity index (χ3v) is 6.23. The topological polar surface area (TPSA) is 80.7 Å². The second kappa shape index (κ2) is 8.12. The second-order valence-electron chi connectivity index (χ2n) is 8.66. The smallest absolute Gasteiger partial charge is 0.410 e. The van der Waals surface area contributed by atoms with Crippen LogP contribution in [0.2, 0.25) is 5.15 Å². The van der Waals surface area contributed by atoms with Gasteiger partial charge in [0, 0.05) is 13.1 Å². The molecule has 0 aromatic carbocycles. The molecule has 0 radical (unpaired) electrons. The summed E-state index contributed by atoms with van der Waals surface area (Å²) < 4.78 is 25.8. The molecule has 8 nitrogen and oxygen atoms in total. The second-order valence-corrected chi connectivity index (χ2v) is 9.79. The molecule has 11 heteroatoms. The molecule has 31 heavy (non-hydrogen) atoms. The van der Waals surface area contributed by atoms with Crippen molar-refractivity contribution in [2.24, 2.45) is 0 Å². The molecular weight excluding hydrogens is 445 g/mol. The van der Waals surface area contributed by atoms with Gasteiger partial charge >= 0.3 is 6.09 Å². The number of piperazine rings is 1. The largest absolute Gasteiger partial charge is 0.480 e. The molecule has 2 unspecified atom stereocenters. The summed E-state index contributed by atoms with van der Waals surface area (Å²) in [5, 5.41) is 0.510. The Bertz CT molecular complexity index is 1020. The number of hydrogen-bond acceptors (Lipinski definition) is 8. The number of rotatable bonds is 3. The van der Waals surface area contributed by atoms with Gasteiger partial charge in [0.2, 0.25) is 5.88 Å². The number of thioether (sulfide) groups is 1. The number of halogens is 2. The van der Waals surface area contributed by atoms with Crippen LogP contribution >= 0.6 is 23.4 Å². The summed E-state index contributed by atoms with van der Waals surface area (Å²) in [5.74, 6) is 0.00718. The number of anilines is 1. The van der Waals surface area contributed by atoms with Gasteiger partial charge in [-0.25, -0.2) is 19.2 Å². The summed E-state index contributed by atoms with van der Waals surface area (Å²) in [6, 6.07) is -0.0418. The summed E-state index contributed by atoms with van der Waals surface area (Å²) in [4.78, 5) is 29.7. The van der Waals surface area contributed by atoms with Gasteiger partial charge in [0.25, 0.3) is 0 Å². The van der Waals surface area contributed by atoms with Gasteiger partial charge in [-0.2, -0.15) is 4.98 Å². The van der Waals surface area contributed by atoms with Crippen molar-refractivity contribution in [2.45, 2.75) is 56.5 Å². The molecule has 1 amide bonds. The number of aromatic nitrogens is 3. The number of methoxy groups -OCH3 is 1. The third kappa shape index (κ3) is 4.07. The lowest BCUT2D eigenvalue weighted by Crippen LogP contribution is -2.57. The molecule has 2 bridgehead atoms. The first kappa shape index (κ1) is 22.1. The van der Waals surface area contributed by atoms with Crippen molar-refractivity contribution in [3.8, 4) is 5.88 Å². The van der Waals surface area contributed by atoms with Crippen molar-refractivity contribution in [3.63, 3.8) is 0 Å². The lowest BCUT2D eigenvalue weighted by Gasteiger charge is -2.42. The van der Waals surface area contributed by atoms with Crippen molar-refractivity contribution in [3.05, 3.63) is 11.0 Å². The Labute approximate surface area is 189 Å². The van der Waals surface area contributed by atoms with Crippen molar-refractivity contribution in [2.75, 3.05) is 31.4 Å². The summed E-state index contributed by atoms with van der Waals surface area (Å²) in [6.45, 7) is 6.67. The molecule has 4 heterocycles. The van der Waals surface area contributed by atoms with E-state index in [1.807, 2.05) is 31.9 Å². The average Bonchev–Trinajstić information content (AvgIpc) is 2.98. The number of fused-ring (bicyclic) bond motifs is 3. The fraction of sp³-hybridized carbons (Fsp3) is 0.600. The lowest BCUT2D eigenvalue weighted by molar-refractivity contribution is 0.0123. The van der Waals surface area contributed by atoms with Crippen LogP contribution in [0.4, 0.5) is 15.0 Å². The lowest BCUT2D eigenvalue weighted by atomic mass is 10.1. The predicted molar refractivity (Wildman–Crippen MR) is 118 cm³/mol. The molecule has 0 spiro atoms. The van der Waals surface area contributed by atoms with E-state index < -0.39 is 11.4 Å². The zero-order valence-electron chi connectivity index (χ0n) is 18.1. The Morgan fingerprint density at radius 1 is 1.19 bits per heavy atom. The molecule has 2 atom stereocenters. The molecule has 168 valence electrons. The third-order valence-electron chi connectivity index (χ3n) is 5.43. The highest BCUT2D eigenvalue weighted by atomic mass is 35.5. The predicted octanol–water partition coefficient (Wildman–Crippen LogP) is 4.14. The van der Waals surface area contributed by atoms with Crippen LogP contribution in [0, 0.1) is 5.82 Å². The van der Waals surface area contributed by atoms with E-state index in [0.717, 1.165) is 12.8 Å². The summed E-state index contributed by atoms with van der Waals surface area (Å²) in [7, 11) is 1.45. The minimum atomic E-state index is -0.702. The molecule has 2 aliphatic rings. The molecule has 2 saturated heterocycles. The first-order valence-corrected chi connectivity index (χ1v) is 11.6. The van der Waals surface area contributed by atoms with E-state index in [1.54, 1.807) is 0 Å². The zero-order valence-corrected chi connectivity index (χ0v) is 19.7. The SMILES string of the molecule is COc1nc(Cl)c(F)c2nc(SC)nc(N3CC4CCC(C3)N4C(=O)OC(C)(C)C)c12. The fourth-order valence-corrected chi connectivity index (χ4v) is 4.76. The number of amides is 1. The van der Waals surface area contributed by atoms with Gasteiger partial charge in [-0.05, 0) is 39.9 Å². The van der Waals surface area contributed by atoms with Gasteiger partial charge in [0.15, 0.2) is 16.1 Å². The van der Waals surface area contributed by atoms with Gasteiger partial charge in [-0.3, -0.25) is 4.90 Å². The molecule has 0 N–H and O–H groups in total. The van der Waals surface area contributed by atoms with E-state index in [2.05, 4.69) is 19.9 Å². The molecular formula is C20H25ClFN5O3S. The molecule has 0 aliphatic carbocycles. The van der Waals surface area contributed by atoms with Crippen molar-refractivity contribution in [1.29, 1.82) is 0 Å². The maximum Gasteiger partial charge on any atom is 0.410 e. The van der Waals surface area contributed by atoms with E-state index in [0.29, 0.717) is 29.5 Å². The van der Waals surface area contributed by atoms with Crippen molar-refractivity contribution >= 4 is 46.2 Å². The average molecular weight is 470 g/mol. The van der Waals surface area contributed by atoms with Crippen molar-refractivity contribution in [1.82, 2.24) is 19.9 Å². The van der Waals surface area contributed by atoms with E-state index in [9.17, 15) is 9.18 Å². The Morgan fingerprint density at radius 3 is 2.39 bits per heavy atom. The van der Waals surface area contributed by atoms with Gasteiger partial charge in [0.1, 0.15) is 22.3 Å². The van der Waals surface area contributed by atoms with Crippen LogP contribution < -0.4 is 9.64 Å². The van der Waals surface area contributed by atoms with E-state index in [4.69, 9.17) is 21.1 Å². The molecule has 2 aromatic rings. The van der Waals surface area contributed by atoms with Crippen molar-refractivity contribution < 1.29 is 18.7 Å². The highest BCUT2D eigenvalue weighted by molar-refractivity contribution is 7.98.